The number of carbonyl (C=O) groups excluding carboxylic acids is 1. The Hall–Kier alpha value is -0.420. The van der Waals surface area contributed by atoms with Gasteiger partial charge in [-0.05, 0) is 27.2 Å². The zero-order valence-corrected chi connectivity index (χ0v) is 11.9. The number of likely N-dealkylation sites (tertiary alicyclic amines) is 1. The molecular formula is C12H22N2O2S. The molecule has 2 fully saturated rings. The van der Waals surface area contributed by atoms with Crippen LogP contribution in [0.15, 0.2) is 0 Å². The van der Waals surface area contributed by atoms with Gasteiger partial charge in [0.25, 0.3) is 0 Å². The highest BCUT2D eigenvalue weighted by Gasteiger charge is 2.50. The van der Waals surface area contributed by atoms with E-state index in [1.165, 1.54) is 0 Å². The summed E-state index contributed by atoms with van der Waals surface area (Å²) in [5, 5.41) is 3.61. The van der Waals surface area contributed by atoms with Crippen molar-refractivity contribution in [3.8, 4) is 0 Å². The van der Waals surface area contributed by atoms with Crippen LogP contribution in [-0.4, -0.2) is 46.3 Å². The fraction of sp³-hybridized carbons (Fsp3) is 0.917. The van der Waals surface area contributed by atoms with Crippen LogP contribution in [0.4, 0.5) is 4.79 Å². The fourth-order valence-corrected chi connectivity index (χ4v) is 3.73. The molecule has 0 saturated carbocycles. The molecule has 1 spiro atoms. The Morgan fingerprint density at radius 2 is 2.18 bits per heavy atom. The largest absolute Gasteiger partial charge is 0.444 e. The van der Waals surface area contributed by atoms with E-state index in [1.54, 1.807) is 4.90 Å². The SMILES string of the molecule is CCC1CSC2(CN(C(=O)OC(C)(C)C)C2)N1. The zero-order valence-electron chi connectivity index (χ0n) is 11.1. The smallest absolute Gasteiger partial charge is 0.410 e. The summed E-state index contributed by atoms with van der Waals surface area (Å²) in [6, 6.07) is 0.598. The lowest BCUT2D eigenvalue weighted by atomic mass is 10.1. The first-order chi connectivity index (χ1) is 7.84. The molecule has 4 nitrogen and oxygen atoms in total. The number of carbonyl (C=O) groups is 1. The minimum atomic E-state index is -0.401. The molecule has 1 N–H and O–H groups in total. The van der Waals surface area contributed by atoms with E-state index in [0.29, 0.717) is 6.04 Å². The van der Waals surface area contributed by atoms with Gasteiger partial charge in [0.05, 0.1) is 13.1 Å². The molecule has 1 unspecified atom stereocenters. The summed E-state index contributed by atoms with van der Waals surface area (Å²) in [6.45, 7) is 9.43. The minimum absolute atomic E-state index is 0.109. The van der Waals surface area contributed by atoms with Gasteiger partial charge in [0, 0.05) is 11.8 Å². The van der Waals surface area contributed by atoms with Gasteiger partial charge in [-0.25, -0.2) is 4.79 Å². The molecule has 0 aromatic heterocycles. The standard InChI is InChI=1S/C12H22N2O2S/c1-5-9-6-17-12(13-9)7-14(8-12)10(15)16-11(2,3)4/h9,13H,5-8H2,1-4H3. The van der Waals surface area contributed by atoms with Crippen molar-refractivity contribution in [2.45, 2.75) is 50.6 Å². The van der Waals surface area contributed by atoms with Gasteiger partial charge in [0.1, 0.15) is 10.5 Å². The van der Waals surface area contributed by atoms with Crippen LogP contribution in [-0.2, 0) is 4.74 Å². The third-order valence-corrected chi connectivity index (χ3v) is 4.56. The Balaban J connectivity index is 1.81. The molecule has 0 aliphatic carbocycles. The highest BCUT2D eigenvalue weighted by molar-refractivity contribution is 8.01. The van der Waals surface area contributed by atoms with Gasteiger partial charge in [-0.1, -0.05) is 6.92 Å². The van der Waals surface area contributed by atoms with Crippen LogP contribution in [0.5, 0.6) is 0 Å². The molecule has 1 atom stereocenters. The average molecular weight is 258 g/mol. The number of ether oxygens (including phenoxy) is 1. The number of rotatable bonds is 1. The van der Waals surface area contributed by atoms with Crippen molar-refractivity contribution in [1.82, 2.24) is 10.2 Å². The van der Waals surface area contributed by atoms with E-state index in [-0.39, 0.29) is 11.0 Å². The molecule has 98 valence electrons. The van der Waals surface area contributed by atoms with Crippen molar-refractivity contribution in [2.75, 3.05) is 18.8 Å². The van der Waals surface area contributed by atoms with Crippen molar-refractivity contribution in [1.29, 1.82) is 0 Å². The Morgan fingerprint density at radius 3 is 2.65 bits per heavy atom. The lowest BCUT2D eigenvalue weighted by Crippen LogP contribution is -2.67. The van der Waals surface area contributed by atoms with Crippen LogP contribution in [0.3, 0.4) is 0 Å². The molecule has 0 bridgehead atoms. The highest BCUT2D eigenvalue weighted by Crippen LogP contribution is 2.39. The van der Waals surface area contributed by atoms with Gasteiger partial charge in [-0.2, -0.15) is 0 Å². The second kappa shape index (κ2) is 4.35. The molecule has 2 rings (SSSR count). The average Bonchev–Trinajstić information content (AvgIpc) is 2.56. The maximum Gasteiger partial charge on any atom is 0.410 e. The highest BCUT2D eigenvalue weighted by atomic mass is 32.2. The summed E-state index contributed by atoms with van der Waals surface area (Å²) in [5.41, 5.74) is -0.401. The third-order valence-electron chi connectivity index (χ3n) is 3.07. The zero-order chi connectivity index (χ0) is 12.7. The quantitative estimate of drug-likeness (QED) is 0.781. The van der Waals surface area contributed by atoms with E-state index in [2.05, 4.69) is 12.2 Å². The summed E-state index contributed by atoms with van der Waals surface area (Å²) in [5.74, 6) is 1.15. The Labute approximate surface area is 107 Å². The van der Waals surface area contributed by atoms with Crippen molar-refractivity contribution in [3.63, 3.8) is 0 Å². The van der Waals surface area contributed by atoms with Crippen LogP contribution < -0.4 is 5.32 Å². The molecule has 2 saturated heterocycles. The maximum absolute atomic E-state index is 11.8. The van der Waals surface area contributed by atoms with Crippen LogP contribution in [0.1, 0.15) is 34.1 Å². The predicted molar refractivity (Wildman–Crippen MR) is 70.2 cm³/mol. The number of nitrogens with zero attached hydrogens (tertiary/aromatic N) is 1. The third kappa shape index (κ3) is 2.88. The molecule has 2 heterocycles. The lowest BCUT2D eigenvalue weighted by Gasteiger charge is -2.47. The van der Waals surface area contributed by atoms with Crippen molar-refractivity contribution in [3.05, 3.63) is 0 Å². The van der Waals surface area contributed by atoms with Gasteiger partial charge in [-0.3, -0.25) is 5.32 Å². The molecular weight excluding hydrogens is 236 g/mol. The Kier molecular flexibility index (Phi) is 3.34. The van der Waals surface area contributed by atoms with E-state index in [0.717, 1.165) is 25.3 Å². The number of thioether (sulfide) groups is 1. The van der Waals surface area contributed by atoms with Gasteiger partial charge in [-0.15, -0.1) is 11.8 Å². The van der Waals surface area contributed by atoms with Crippen LogP contribution >= 0.6 is 11.8 Å². The predicted octanol–water partition coefficient (Wildman–Crippen LogP) is 2.05. The van der Waals surface area contributed by atoms with Gasteiger partial charge < -0.3 is 9.64 Å². The minimum Gasteiger partial charge on any atom is -0.444 e. The van der Waals surface area contributed by atoms with E-state index in [4.69, 9.17) is 4.74 Å². The molecule has 17 heavy (non-hydrogen) atoms. The van der Waals surface area contributed by atoms with Gasteiger partial charge >= 0.3 is 6.09 Å². The van der Waals surface area contributed by atoms with E-state index < -0.39 is 5.60 Å². The summed E-state index contributed by atoms with van der Waals surface area (Å²) >= 11 is 1.94. The molecule has 0 aromatic rings. The lowest BCUT2D eigenvalue weighted by molar-refractivity contribution is 0.000756. The van der Waals surface area contributed by atoms with Crippen molar-refractivity contribution in [2.24, 2.45) is 0 Å². The maximum atomic E-state index is 11.8. The summed E-state index contributed by atoms with van der Waals surface area (Å²) in [6.07, 6.45) is 0.965. The van der Waals surface area contributed by atoms with Gasteiger partial charge in [0.2, 0.25) is 0 Å². The monoisotopic (exact) mass is 258 g/mol. The molecule has 2 aliphatic heterocycles. The van der Waals surface area contributed by atoms with Gasteiger partial charge in [0.15, 0.2) is 0 Å². The summed E-state index contributed by atoms with van der Waals surface area (Å²) < 4.78 is 5.35. The molecule has 1 amide bonds. The fourth-order valence-electron chi connectivity index (χ4n) is 2.14. The molecule has 2 aliphatic rings. The van der Waals surface area contributed by atoms with E-state index >= 15 is 0 Å². The van der Waals surface area contributed by atoms with Crippen LogP contribution in [0.25, 0.3) is 0 Å². The first-order valence-electron chi connectivity index (χ1n) is 6.23. The summed E-state index contributed by atoms with van der Waals surface area (Å²) in [7, 11) is 0. The Bertz CT molecular complexity index is 308. The van der Waals surface area contributed by atoms with Crippen LogP contribution in [0, 0.1) is 0 Å². The molecule has 5 heteroatoms. The van der Waals surface area contributed by atoms with E-state index in [9.17, 15) is 4.79 Å². The number of hydrogen-bond donors (Lipinski definition) is 1. The Morgan fingerprint density at radius 1 is 1.53 bits per heavy atom. The normalized spacial score (nSPS) is 27.1. The second-order valence-electron chi connectivity index (χ2n) is 5.89. The van der Waals surface area contributed by atoms with Crippen molar-refractivity contribution >= 4 is 17.9 Å². The first kappa shape index (κ1) is 13.0. The first-order valence-corrected chi connectivity index (χ1v) is 7.22. The number of hydrogen-bond acceptors (Lipinski definition) is 4. The molecule has 0 radical (unpaired) electrons. The van der Waals surface area contributed by atoms with Crippen LogP contribution in [0.2, 0.25) is 0 Å². The number of nitrogens with one attached hydrogen (secondary N) is 1. The topological polar surface area (TPSA) is 41.6 Å². The van der Waals surface area contributed by atoms with Crippen molar-refractivity contribution < 1.29 is 9.53 Å². The second-order valence-corrected chi connectivity index (χ2v) is 7.29. The summed E-state index contributed by atoms with van der Waals surface area (Å²) in [4.78, 5) is 13.7. The molecule has 0 aromatic carbocycles. The number of amides is 1. The van der Waals surface area contributed by atoms with E-state index in [1.807, 2.05) is 32.5 Å².